The van der Waals surface area contributed by atoms with Crippen LogP contribution in [0, 0.1) is 20.8 Å². The number of furan rings is 1. The van der Waals surface area contributed by atoms with E-state index in [0.717, 1.165) is 22.3 Å². The summed E-state index contributed by atoms with van der Waals surface area (Å²) in [5.41, 5.74) is 4.22. The molecule has 3 rings (SSSR count). The minimum atomic E-state index is -0.336. The molecule has 0 bridgehead atoms. The van der Waals surface area contributed by atoms with Crippen molar-refractivity contribution in [1.82, 2.24) is 5.32 Å². The Labute approximate surface area is 162 Å². The number of amides is 2. The largest absolute Gasteiger partial charge is 0.459 e. The smallest absolute Gasteiger partial charge is 0.291 e. The van der Waals surface area contributed by atoms with Crippen molar-refractivity contribution < 1.29 is 14.0 Å². The monoisotopic (exact) mass is 382 g/mol. The van der Waals surface area contributed by atoms with Gasteiger partial charge in [0.2, 0.25) is 0 Å². The van der Waals surface area contributed by atoms with Crippen molar-refractivity contribution in [2.24, 2.45) is 0 Å². The molecule has 2 heterocycles. The molecular weight excluding hydrogens is 360 g/mol. The molecule has 0 spiro atoms. The predicted molar refractivity (Wildman–Crippen MR) is 108 cm³/mol. The summed E-state index contributed by atoms with van der Waals surface area (Å²) < 4.78 is 5.09. The molecule has 0 radical (unpaired) electrons. The molecule has 0 saturated heterocycles. The molecule has 1 unspecified atom stereocenters. The molecule has 3 aromatic rings. The molecule has 0 aliphatic heterocycles. The van der Waals surface area contributed by atoms with Crippen LogP contribution >= 0.6 is 11.3 Å². The molecule has 0 aliphatic carbocycles. The molecule has 6 heteroatoms. The highest BCUT2D eigenvalue weighted by Gasteiger charge is 2.19. The molecule has 2 amide bonds. The number of carbonyl (C=O) groups is 2. The van der Waals surface area contributed by atoms with Crippen LogP contribution in [0.15, 0.2) is 47.1 Å². The van der Waals surface area contributed by atoms with E-state index in [1.807, 2.05) is 27.7 Å². The maximum atomic E-state index is 12.7. The standard InChI is InChI=1S/C21H22N2O3S/c1-12-7-8-13(2)16(10-12)15(4)22-21(25)19-14(3)11-18(27-19)23-20(24)17-6-5-9-26-17/h5-11,15H,1-4H3,(H,22,25)(H,23,24). The zero-order valence-corrected chi connectivity index (χ0v) is 16.6. The van der Waals surface area contributed by atoms with Gasteiger partial charge in [0.15, 0.2) is 5.76 Å². The van der Waals surface area contributed by atoms with Crippen LogP contribution in [0.4, 0.5) is 5.00 Å². The van der Waals surface area contributed by atoms with Gasteiger partial charge in [-0.1, -0.05) is 23.8 Å². The zero-order valence-electron chi connectivity index (χ0n) is 15.8. The minimum Gasteiger partial charge on any atom is -0.459 e. The number of thiophene rings is 1. The number of rotatable bonds is 5. The molecule has 2 N–H and O–H groups in total. The summed E-state index contributed by atoms with van der Waals surface area (Å²) in [6, 6.07) is 11.1. The summed E-state index contributed by atoms with van der Waals surface area (Å²) in [5.74, 6) is -0.253. The van der Waals surface area contributed by atoms with E-state index >= 15 is 0 Å². The molecule has 0 fully saturated rings. The Bertz CT molecular complexity index is 973. The first-order chi connectivity index (χ1) is 12.8. The summed E-state index contributed by atoms with van der Waals surface area (Å²) >= 11 is 1.25. The Morgan fingerprint density at radius 2 is 1.81 bits per heavy atom. The van der Waals surface area contributed by atoms with Gasteiger partial charge in [-0.3, -0.25) is 9.59 Å². The number of anilines is 1. The summed E-state index contributed by atoms with van der Waals surface area (Å²) in [4.78, 5) is 25.4. The second kappa shape index (κ2) is 7.80. The molecule has 0 saturated carbocycles. The van der Waals surface area contributed by atoms with E-state index in [1.54, 1.807) is 18.2 Å². The number of nitrogens with one attached hydrogen (secondary N) is 2. The molecular formula is C21H22N2O3S. The van der Waals surface area contributed by atoms with Crippen LogP contribution in [0.3, 0.4) is 0 Å². The lowest BCUT2D eigenvalue weighted by atomic mass is 10.00. The third-order valence-corrected chi connectivity index (χ3v) is 5.51. The van der Waals surface area contributed by atoms with Crippen LogP contribution in [0.1, 0.15) is 55.4 Å². The Morgan fingerprint density at radius 3 is 2.52 bits per heavy atom. The SMILES string of the molecule is Cc1ccc(C)c(C(C)NC(=O)c2sc(NC(=O)c3ccco3)cc2C)c1. The minimum absolute atomic E-state index is 0.111. The lowest BCUT2D eigenvalue weighted by Crippen LogP contribution is -2.27. The maximum absolute atomic E-state index is 12.7. The van der Waals surface area contributed by atoms with E-state index in [2.05, 4.69) is 28.8 Å². The summed E-state index contributed by atoms with van der Waals surface area (Å²) in [5, 5.41) is 6.43. The summed E-state index contributed by atoms with van der Waals surface area (Å²) in [7, 11) is 0. The van der Waals surface area contributed by atoms with Crippen LogP contribution in [0.25, 0.3) is 0 Å². The Kier molecular flexibility index (Phi) is 5.46. The summed E-state index contributed by atoms with van der Waals surface area (Å²) in [6.45, 7) is 7.91. The highest BCUT2D eigenvalue weighted by molar-refractivity contribution is 7.18. The Hall–Kier alpha value is -2.86. The van der Waals surface area contributed by atoms with Crippen LogP contribution in [0.5, 0.6) is 0 Å². The third kappa shape index (κ3) is 4.28. The fraction of sp³-hybridized carbons (Fsp3) is 0.238. The average Bonchev–Trinajstić information content (AvgIpc) is 3.26. The summed E-state index contributed by atoms with van der Waals surface area (Å²) in [6.07, 6.45) is 1.45. The fourth-order valence-electron chi connectivity index (χ4n) is 2.92. The molecule has 27 heavy (non-hydrogen) atoms. The number of hydrogen-bond donors (Lipinski definition) is 2. The van der Waals surface area contributed by atoms with Crippen molar-refractivity contribution in [3.8, 4) is 0 Å². The van der Waals surface area contributed by atoms with Gasteiger partial charge in [-0.05, 0) is 62.6 Å². The van der Waals surface area contributed by atoms with Crippen molar-refractivity contribution in [3.05, 3.63) is 75.6 Å². The number of carbonyl (C=O) groups excluding carboxylic acids is 2. The predicted octanol–water partition coefficient (Wildman–Crippen LogP) is 5.01. The topological polar surface area (TPSA) is 71.3 Å². The van der Waals surface area contributed by atoms with Gasteiger partial charge in [-0.25, -0.2) is 0 Å². The van der Waals surface area contributed by atoms with Crippen LogP contribution in [-0.2, 0) is 0 Å². The number of benzene rings is 1. The molecule has 0 aliphatic rings. The maximum Gasteiger partial charge on any atom is 0.291 e. The van der Waals surface area contributed by atoms with Gasteiger partial charge in [0.1, 0.15) is 0 Å². The average molecular weight is 382 g/mol. The number of aryl methyl sites for hydroxylation is 3. The van der Waals surface area contributed by atoms with Crippen molar-refractivity contribution in [2.45, 2.75) is 33.7 Å². The van der Waals surface area contributed by atoms with Crippen LogP contribution in [-0.4, -0.2) is 11.8 Å². The molecule has 2 aromatic heterocycles. The van der Waals surface area contributed by atoms with E-state index in [4.69, 9.17) is 4.42 Å². The molecule has 1 aromatic carbocycles. The van der Waals surface area contributed by atoms with E-state index in [1.165, 1.54) is 17.6 Å². The van der Waals surface area contributed by atoms with Gasteiger partial charge in [-0.15, -0.1) is 11.3 Å². The number of hydrogen-bond acceptors (Lipinski definition) is 4. The van der Waals surface area contributed by atoms with Gasteiger partial charge in [0.25, 0.3) is 11.8 Å². The fourth-order valence-corrected chi connectivity index (χ4v) is 3.89. The second-order valence-electron chi connectivity index (χ2n) is 6.61. The lowest BCUT2D eigenvalue weighted by molar-refractivity contribution is 0.0942. The first-order valence-corrected chi connectivity index (χ1v) is 9.50. The first kappa shape index (κ1) is 18.9. The molecule has 1 atom stereocenters. The quantitative estimate of drug-likeness (QED) is 0.651. The highest BCUT2D eigenvalue weighted by atomic mass is 32.1. The van der Waals surface area contributed by atoms with Gasteiger partial charge >= 0.3 is 0 Å². The van der Waals surface area contributed by atoms with Gasteiger partial charge in [0.05, 0.1) is 22.2 Å². The van der Waals surface area contributed by atoms with Crippen LogP contribution < -0.4 is 10.6 Å². The van der Waals surface area contributed by atoms with E-state index in [9.17, 15) is 9.59 Å². The Balaban J connectivity index is 1.72. The molecule has 5 nitrogen and oxygen atoms in total. The van der Waals surface area contributed by atoms with Crippen molar-refractivity contribution in [3.63, 3.8) is 0 Å². The lowest BCUT2D eigenvalue weighted by Gasteiger charge is -2.17. The van der Waals surface area contributed by atoms with Crippen molar-refractivity contribution in [2.75, 3.05) is 5.32 Å². The van der Waals surface area contributed by atoms with E-state index < -0.39 is 0 Å². The third-order valence-electron chi connectivity index (χ3n) is 4.35. The van der Waals surface area contributed by atoms with Gasteiger partial charge in [0, 0.05) is 0 Å². The van der Waals surface area contributed by atoms with E-state index in [-0.39, 0.29) is 23.6 Å². The Morgan fingerprint density at radius 1 is 1.04 bits per heavy atom. The van der Waals surface area contributed by atoms with Crippen molar-refractivity contribution >= 4 is 28.2 Å². The zero-order chi connectivity index (χ0) is 19.6. The van der Waals surface area contributed by atoms with Crippen LogP contribution in [0.2, 0.25) is 0 Å². The highest BCUT2D eigenvalue weighted by Crippen LogP contribution is 2.28. The normalized spacial score (nSPS) is 11.9. The second-order valence-corrected chi connectivity index (χ2v) is 7.66. The van der Waals surface area contributed by atoms with E-state index in [0.29, 0.717) is 9.88 Å². The molecule has 140 valence electrons. The van der Waals surface area contributed by atoms with Crippen molar-refractivity contribution in [1.29, 1.82) is 0 Å². The first-order valence-electron chi connectivity index (χ1n) is 8.68. The van der Waals surface area contributed by atoms with Gasteiger partial charge in [-0.2, -0.15) is 0 Å². The van der Waals surface area contributed by atoms with Gasteiger partial charge < -0.3 is 15.1 Å².